The lowest BCUT2D eigenvalue weighted by Crippen LogP contribution is -2.49. The highest BCUT2D eigenvalue weighted by Crippen LogP contribution is 2.39. The molecule has 1 aromatic carbocycles. The molecule has 1 fully saturated rings. The zero-order chi connectivity index (χ0) is 15.6. The van der Waals surface area contributed by atoms with Gasteiger partial charge in [0.15, 0.2) is 0 Å². The summed E-state index contributed by atoms with van der Waals surface area (Å²) in [6.45, 7) is 8.00. The maximum Gasteiger partial charge on any atom is 0.411 e. The van der Waals surface area contributed by atoms with E-state index in [1.165, 1.54) is 6.08 Å². The smallest absolute Gasteiger partial charge is 0.411 e. The molecule has 1 atom stereocenters. The summed E-state index contributed by atoms with van der Waals surface area (Å²) >= 11 is 0. The Morgan fingerprint density at radius 3 is 2.52 bits per heavy atom. The van der Waals surface area contributed by atoms with Crippen molar-refractivity contribution in [2.24, 2.45) is 0 Å². The average Bonchev–Trinajstić information content (AvgIpc) is 2.34. The third kappa shape index (κ3) is 3.43. The highest BCUT2D eigenvalue weighted by atomic mass is 16.6. The van der Waals surface area contributed by atoms with Crippen molar-refractivity contribution in [2.75, 3.05) is 6.54 Å². The third-order valence-electron chi connectivity index (χ3n) is 3.29. The van der Waals surface area contributed by atoms with E-state index in [4.69, 9.17) is 10.00 Å². The van der Waals surface area contributed by atoms with Crippen molar-refractivity contribution in [2.45, 2.75) is 39.3 Å². The van der Waals surface area contributed by atoms with Crippen molar-refractivity contribution >= 4 is 6.09 Å². The van der Waals surface area contributed by atoms with Crippen LogP contribution in [-0.2, 0) is 4.74 Å². The number of nitrogens with zero attached hydrogens (tertiary/aromatic N) is 2. The van der Waals surface area contributed by atoms with Gasteiger partial charge in [0, 0.05) is 12.6 Å². The van der Waals surface area contributed by atoms with Gasteiger partial charge in [-0.3, -0.25) is 4.90 Å². The van der Waals surface area contributed by atoms with Gasteiger partial charge in [0.2, 0.25) is 0 Å². The Bertz CT molecular complexity index is 603. The summed E-state index contributed by atoms with van der Waals surface area (Å²) in [5.74, 6) is 0. The third-order valence-corrected chi connectivity index (χ3v) is 3.29. The molecule has 21 heavy (non-hydrogen) atoms. The van der Waals surface area contributed by atoms with Crippen molar-refractivity contribution in [3.8, 4) is 6.07 Å². The van der Waals surface area contributed by atoms with Crippen LogP contribution in [0.4, 0.5) is 4.79 Å². The molecule has 0 radical (unpaired) electrons. The fraction of sp³-hybridized carbons (Fsp3) is 0.412. The fourth-order valence-electron chi connectivity index (χ4n) is 2.30. The molecule has 1 aromatic rings. The summed E-state index contributed by atoms with van der Waals surface area (Å²) in [4.78, 5) is 13.9. The highest BCUT2D eigenvalue weighted by molar-refractivity contribution is 5.72. The number of allylic oxidation sites excluding steroid dienone is 1. The molecular formula is C17H20N2O2. The van der Waals surface area contributed by atoms with Crippen molar-refractivity contribution in [3.05, 3.63) is 47.0 Å². The summed E-state index contributed by atoms with van der Waals surface area (Å²) < 4.78 is 5.42. The number of hydrogen-bond acceptors (Lipinski definition) is 3. The van der Waals surface area contributed by atoms with E-state index >= 15 is 0 Å². The second-order valence-corrected chi connectivity index (χ2v) is 6.27. The number of rotatable bonds is 1. The Morgan fingerprint density at radius 1 is 1.38 bits per heavy atom. The summed E-state index contributed by atoms with van der Waals surface area (Å²) in [5, 5.41) is 8.86. The van der Waals surface area contributed by atoms with Gasteiger partial charge < -0.3 is 4.74 Å². The molecule has 1 saturated heterocycles. The highest BCUT2D eigenvalue weighted by Gasteiger charge is 2.40. The molecule has 2 rings (SSSR count). The quantitative estimate of drug-likeness (QED) is 0.738. The molecule has 1 amide bonds. The predicted octanol–water partition coefficient (Wildman–Crippen LogP) is 3.74. The Balaban J connectivity index is 2.24. The molecule has 0 saturated carbocycles. The molecule has 1 heterocycles. The van der Waals surface area contributed by atoms with Crippen LogP contribution in [0.1, 0.15) is 37.9 Å². The van der Waals surface area contributed by atoms with Gasteiger partial charge in [-0.2, -0.15) is 5.26 Å². The lowest BCUT2D eigenvalue weighted by atomic mass is 9.89. The average molecular weight is 284 g/mol. The fourth-order valence-corrected chi connectivity index (χ4v) is 2.30. The number of hydrogen-bond donors (Lipinski definition) is 0. The summed E-state index contributed by atoms with van der Waals surface area (Å²) in [5.41, 5.74) is 2.57. The minimum absolute atomic E-state index is 0.194. The predicted molar refractivity (Wildman–Crippen MR) is 80.6 cm³/mol. The van der Waals surface area contributed by atoms with E-state index in [-0.39, 0.29) is 12.1 Å². The van der Waals surface area contributed by atoms with Crippen LogP contribution in [0.2, 0.25) is 0 Å². The second-order valence-electron chi connectivity index (χ2n) is 6.27. The number of ether oxygens (including phenoxy) is 1. The lowest BCUT2D eigenvalue weighted by molar-refractivity contribution is 0.00935. The van der Waals surface area contributed by atoms with E-state index in [0.29, 0.717) is 6.54 Å². The molecule has 1 aliphatic rings. The number of likely N-dealkylation sites (tertiary alicyclic amines) is 1. The van der Waals surface area contributed by atoms with Crippen molar-refractivity contribution in [1.29, 1.82) is 5.26 Å². The zero-order valence-electron chi connectivity index (χ0n) is 12.9. The van der Waals surface area contributed by atoms with Crippen LogP contribution in [0.25, 0.3) is 0 Å². The maximum absolute atomic E-state index is 12.2. The van der Waals surface area contributed by atoms with Crippen LogP contribution >= 0.6 is 0 Å². The van der Waals surface area contributed by atoms with E-state index in [0.717, 1.165) is 16.7 Å². The Labute approximate surface area is 125 Å². The van der Waals surface area contributed by atoms with Gasteiger partial charge >= 0.3 is 6.09 Å². The zero-order valence-corrected chi connectivity index (χ0v) is 12.9. The number of nitriles is 1. The molecule has 1 unspecified atom stereocenters. The first-order valence-corrected chi connectivity index (χ1v) is 6.96. The van der Waals surface area contributed by atoms with Crippen LogP contribution in [0.15, 0.2) is 35.9 Å². The molecule has 0 aromatic heterocycles. The molecule has 4 heteroatoms. The number of amides is 1. The minimum atomic E-state index is -0.524. The lowest BCUT2D eigenvalue weighted by Gasteiger charge is -2.43. The topological polar surface area (TPSA) is 53.3 Å². The summed E-state index contributed by atoms with van der Waals surface area (Å²) in [6, 6.07) is 9.84. The SMILES string of the molecule is Cc1ccc(C2/C(=C/C#N)CN2C(=O)OC(C)(C)C)cc1. The monoisotopic (exact) mass is 284 g/mol. The van der Waals surface area contributed by atoms with Gasteiger partial charge in [-0.15, -0.1) is 0 Å². The summed E-state index contributed by atoms with van der Waals surface area (Å²) in [7, 11) is 0. The molecule has 0 bridgehead atoms. The molecule has 0 aliphatic carbocycles. The molecule has 110 valence electrons. The first-order valence-electron chi connectivity index (χ1n) is 6.96. The largest absolute Gasteiger partial charge is 0.444 e. The molecule has 4 nitrogen and oxygen atoms in total. The van der Waals surface area contributed by atoms with Gasteiger partial charge in [-0.05, 0) is 38.8 Å². The van der Waals surface area contributed by atoms with Crippen LogP contribution in [0.3, 0.4) is 0 Å². The van der Waals surface area contributed by atoms with Crippen LogP contribution in [-0.4, -0.2) is 23.1 Å². The van der Waals surface area contributed by atoms with Gasteiger partial charge in [0.25, 0.3) is 0 Å². The first-order chi connectivity index (χ1) is 9.81. The number of carbonyl (C=O) groups is 1. The number of aryl methyl sites for hydroxylation is 1. The summed E-state index contributed by atoms with van der Waals surface area (Å²) in [6.07, 6.45) is 1.17. The van der Waals surface area contributed by atoms with Crippen molar-refractivity contribution < 1.29 is 9.53 Å². The van der Waals surface area contributed by atoms with E-state index < -0.39 is 5.60 Å². The Kier molecular flexibility index (Phi) is 4.04. The minimum Gasteiger partial charge on any atom is -0.444 e. The van der Waals surface area contributed by atoms with E-state index in [9.17, 15) is 4.79 Å². The van der Waals surface area contributed by atoms with Gasteiger partial charge in [0.05, 0.1) is 12.1 Å². The van der Waals surface area contributed by atoms with Gasteiger partial charge in [0.1, 0.15) is 5.60 Å². The Morgan fingerprint density at radius 2 is 2.00 bits per heavy atom. The van der Waals surface area contributed by atoms with Gasteiger partial charge in [-0.1, -0.05) is 29.8 Å². The Hall–Kier alpha value is -2.28. The van der Waals surface area contributed by atoms with Crippen molar-refractivity contribution in [3.63, 3.8) is 0 Å². The second kappa shape index (κ2) is 5.61. The van der Waals surface area contributed by atoms with Crippen LogP contribution < -0.4 is 0 Å². The molecule has 0 spiro atoms. The molecule has 1 aliphatic heterocycles. The number of benzene rings is 1. The van der Waals surface area contributed by atoms with Crippen LogP contribution in [0, 0.1) is 18.3 Å². The standard InChI is InChI=1S/C17H20N2O2/c1-12-5-7-13(8-6-12)15-14(9-10-18)11-19(15)16(20)21-17(2,3)4/h5-9,15H,11H2,1-4H3/b14-9+. The normalized spacial score (nSPS) is 19.9. The van der Waals surface area contributed by atoms with Crippen molar-refractivity contribution in [1.82, 2.24) is 4.90 Å². The molecular weight excluding hydrogens is 264 g/mol. The maximum atomic E-state index is 12.2. The molecule has 0 N–H and O–H groups in total. The van der Waals surface area contributed by atoms with E-state index in [1.807, 2.05) is 58.0 Å². The van der Waals surface area contributed by atoms with Crippen LogP contribution in [0.5, 0.6) is 0 Å². The number of carbonyl (C=O) groups excluding carboxylic acids is 1. The van der Waals surface area contributed by atoms with Gasteiger partial charge in [-0.25, -0.2) is 4.79 Å². The van der Waals surface area contributed by atoms with E-state index in [1.54, 1.807) is 4.90 Å². The first kappa shape index (κ1) is 15.1. The van der Waals surface area contributed by atoms with E-state index in [2.05, 4.69) is 0 Å².